The van der Waals surface area contributed by atoms with E-state index >= 15 is 0 Å². The predicted molar refractivity (Wildman–Crippen MR) is 72.7 cm³/mol. The zero-order valence-corrected chi connectivity index (χ0v) is 11.2. The van der Waals surface area contributed by atoms with Crippen molar-refractivity contribution in [1.82, 2.24) is 9.97 Å². The number of hydrogen-bond donors (Lipinski definition) is 2. The van der Waals surface area contributed by atoms with Crippen molar-refractivity contribution in [2.45, 2.75) is 32.3 Å². The molecule has 0 unspecified atom stereocenters. The van der Waals surface area contributed by atoms with Crippen molar-refractivity contribution in [2.75, 3.05) is 31.3 Å². The Morgan fingerprint density at radius 1 is 1.33 bits per heavy atom. The molecule has 1 fully saturated rings. The Hall–Kier alpha value is -1.36. The Kier molecular flexibility index (Phi) is 4.75. The van der Waals surface area contributed by atoms with Crippen LogP contribution in [0, 0.1) is 5.92 Å². The molecule has 5 nitrogen and oxygen atoms in total. The first-order valence-electron chi connectivity index (χ1n) is 6.60. The minimum Gasteiger partial charge on any atom is -0.377 e. The zero-order valence-electron chi connectivity index (χ0n) is 11.2. The zero-order chi connectivity index (χ0) is 12.8. The summed E-state index contributed by atoms with van der Waals surface area (Å²) in [6, 6.07) is 1.93. The lowest BCUT2D eigenvalue weighted by Crippen LogP contribution is -2.16. The first-order chi connectivity index (χ1) is 8.81. The van der Waals surface area contributed by atoms with Crippen molar-refractivity contribution in [1.29, 1.82) is 0 Å². The van der Waals surface area contributed by atoms with Gasteiger partial charge in [0, 0.05) is 26.8 Å². The van der Waals surface area contributed by atoms with E-state index in [4.69, 9.17) is 4.74 Å². The summed E-state index contributed by atoms with van der Waals surface area (Å²) >= 11 is 0. The van der Waals surface area contributed by atoms with Crippen molar-refractivity contribution < 1.29 is 4.74 Å². The summed E-state index contributed by atoms with van der Waals surface area (Å²) in [4.78, 5) is 8.75. The monoisotopic (exact) mass is 250 g/mol. The van der Waals surface area contributed by atoms with Gasteiger partial charge in [-0.25, -0.2) is 9.97 Å². The van der Waals surface area contributed by atoms with E-state index in [2.05, 4.69) is 20.6 Å². The van der Waals surface area contributed by atoms with Crippen LogP contribution >= 0.6 is 0 Å². The van der Waals surface area contributed by atoms with Crippen LogP contribution in [0.4, 0.5) is 11.6 Å². The van der Waals surface area contributed by atoms with Crippen molar-refractivity contribution >= 4 is 11.6 Å². The van der Waals surface area contributed by atoms with Crippen LogP contribution in [0.25, 0.3) is 0 Å². The van der Waals surface area contributed by atoms with Crippen LogP contribution in [0.1, 0.15) is 31.5 Å². The van der Waals surface area contributed by atoms with Crippen LogP contribution in [-0.4, -0.2) is 30.7 Å². The van der Waals surface area contributed by atoms with Gasteiger partial charge in [-0.1, -0.05) is 19.3 Å². The molecule has 5 heteroatoms. The quantitative estimate of drug-likeness (QED) is 0.777. The van der Waals surface area contributed by atoms with Gasteiger partial charge in [-0.15, -0.1) is 0 Å². The van der Waals surface area contributed by atoms with Crippen molar-refractivity contribution in [3.8, 4) is 0 Å². The van der Waals surface area contributed by atoms with E-state index in [-0.39, 0.29) is 0 Å². The first kappa shape index (κ1) is 13.1. The van der Waals surface area contributed by atoms with Gasteiger partial charge in [-0.3, -0.25) is 0 Å². The standard InChI is InChI=1S/C13H22N4O/c1-14-11-8-12(17-13(16-11)9-18-2)15-7-6-10-4-3-5-10/h8,10H,3-7,9H2,1-2H3,(H2,14,15,16,17). The number of hydrogen-bond acceptors (Lipinski definition) is 5. The highest BCUT2D eigenvalue weighted by Crippen LogP contribution is 2.29. The molecule has 0 aromatic carbocycles. The molecule has 0 bridgehead atoms. The number of anilines is 2. The SMILES string of the molecule is CNc1cc(NCCC2CCC2)nc(COC)n1. The molecule has 0 atom stereocenters. The molecule has 2 rings (SSSR count). The average Bonchev–Trinajstić information content (AvgIpc) is 2.32. The van der Waals surface area contributed by atoms with Gasteiger partial charge >= 0.3 is 0 Å². The van der Waals surface area contributed by atoms with E-state index in [0.717, 1.165) is 24.1 Å². The third-order valence-corrected chi connectivity index (χ3v) is 3.39. The second kappa shape index (κ2) is 6.54. The molecule has 0 aliphatic heterocycles. The Morgan fingerprint density at radius 3 is 2.72 bits per heavy atom. The van der Waals surface area contributed by atoms with Crippen LogP contribution in [0.5, 0.6) is 0 Å². The van der Waals surface area contributed by atoms with Gasteiger partial charge in [-0.2, -0.15) is 0 Å². The second-order valence-corrected chi connectivity index (χ2v) is 4.75. The molecule has 1 heterocycles. The van der Waals surface area contributed by atoms with Gasteiger partial charge in [0.15, 0.2) is 5.82 Å². The summed E-state index contributed by atoms with van der Waals surface area (Å²) in [5.41, 5.74) is 0. The normalized spacial score (nSPS) is 15.2. The highest BCUT2D eigenvalue weighted by Gasteiger charge is 2.16. The maximum absolute atomic E-state index is 5.07. The van der Waals surface area contributed by atoms with Crippen LogP contribution in [-0.2, 0) is 11.3 Å². The second-order valence-electron chi connectivity index (χ2n) is 4.75. The molecule has 1 aliphatic rings. The Labute approximate surface area is 108 Å². The first-order valence-corrected chi connectivity index (χ1v) is 6.60. The number of ether oxygens (including phenoxy) is 1. The van der Waals surface area contributed by atoms with Crippen molar-refractivity contribution in [3.63, 3.8) is 0 Å². The summed E-state index contributed by atoms with van der Waals surface area (Å²) in [5, 5.41) is 6.41. The summed E-state index contributed by atoms with van der Waals surface area (Å²) in [6.07, 6.45) is 5.42. The Balaban J connectivity index is 1.90. The van der Waals surface area contributed by atoms with E-state index in [1.54, 1.807) is 7.11 Å². The highest BCUT2D eigenvalue weighted by atomic mass is 16.5. The molecule has 1 aromatic rings. The molecule has 2 N–H and O–H groups in total. The molecule has 1 aromatic heterocycles. The topological polar surface area (TPSA) is 59.1 Å². The molecular weight excluding hydrogens is 228 g/mol. The summed E-state index contributed by atoms with van der Waals surface area (Å²) in [6.45, 7) is 1.42. The average molecular weight is 250 g/mol. The van der Waals surface area contributed by atoms with Gasteiger partial charge < -0.3 is 15.4 Å². The third kappa shape index (κ3) is 3.57. The van der Waals surface area contributed by atoms with Crippen LogP contribution < -0.4 is 10.6 Å². The lowest BCUT2D eigenvalue weighted by molar-refractivity contribution is 0.178. The maximum atomic E-state index is 5.07. The molecule has 0 amide bonds. The van der Waals surface area contributed by atoms with Gasteiger partial charge in [0.1, 0.15) is 18.2 Å². The maximum Gasteiger partial charge on any atom is 0.158 e. The van der Waals surface area contributed by atoms with E-state index in [0.29, 0.717) is 12.4 Å². The fourth-order valence-electron chi connectivity index (χ4n) is 2.10. The Bertz CT molecular complexity index is 379. The smallest absolute Gasteiger partial charge is 0.158 e. The predicted octanol–water partition coefficient (Wildman–Crippen LogP) is 2.27. The number of rotatable bonds is 7. The molecule has 0 saturated heterocycles. The largest absolute Gasteiger partial charge is 0.377 e. The lowest BCUT2D eigenvalue weighted by Gasteiger charge is -2.25. The molecular formula is C13H22N4O. The lowest BCUT2D eigenvalue weighted by atomic mass is 9.83. The number of nitrogens with zero attached hydrogens (tertiary/aromatic N) is 2. The van der Waals surface area contributed by atoms with Crippen molar-refractivity contribution in [2.24, 2.45) is 5.92 Å². The molecule has 1 aliphatic carbocycles. The van der Waals surface area contributed by atoms with Crippen molar-refractivity contribution in [3.05, 3.63) is 11.9 Å². The number of aromatic nitrogens is 2. The van der Waals surface area contributed by atoms with Gasteiger partial charge in [-0.05, 0) is 12.3 Å². The van der Waals surface area contributed by atoms with Gasteiger partial charge in [0.2, 0.25) is 0 Å². The van der Waals surface area contributed by atoms with E-state index in [1.165, 1.54) is 25.7 Å². The third-order valence-electron chi connectivity index (χ3n) is 3.39. The minimum atomic E-state index is 0.437. The minimum absolute atomic E-state index is 0.437. The molecule has 100 valence electrons. The molecule has 1 saturated carbocycles. The fourth-order valence-corrected chi connectivity index (χ4v) is 2.10. The van der Waals surface area contributed by atoms with Crippen LogP contribution in [0.3, 0.4) is 0 Å². The summed E-state index contributed by atoms with van der Waals surface area (Å²) in [7, 11) is 3.51. The van der Waals surface area contributed by atoms with E-state index in [9.17, 15) is 0 Å². The number of nitrogens with one attached hydrogen (secondary N) is 2. The number of methoxy groups -OCH3 is 1. The molecule has 0 spiro atoms. The molecule has 18 heavy (non-hydrogen) atoms. The van der Waals surface area contributed by atoms with E-state index in [1.807, 2.05) is 13.1 Å². The van der Waals surface area contributed by atoms with E-state index < -0.39 is 0 Å². The highest BCUT2D eigenvalue weighted by molar-refractivity contribution is 5.47. The fraction of sp³-hybridized carbons (Fsp3) is 0.692. The van der Waals surface area contributed by atoms with Crippen LogP contribution in [0.2, 0.25) is 0 Å². The summed E-state index contributed by atoms with van der Waals surface area (Å²) < 4.78 is 5.07. The molecule has 0 radical (unpaired) electrons. The van der Waals surface area contributed by atoms with Gasteiger partial charge in [0.05, 0.1) is 0 Å². The summed E-state index contributed by atoms with van der Waals surface area (Å²) in [5.74, 6) is 3.32. The Morgan fingerprint density at radius 2 is 2.11 bits per heavy atom. The van der Waals surface area contributed by atoms with Gasteiger partial charge in [0.25, 0.3) is 0 Å². The van der Waals surface area contributed by atoms with Crippen LogP contribution in [0.15, 0.2) is 6.07 Å².